The van der Waals surface area contributed by atoms with Gasteiger partial charge in [-0.2, -0.15) is 0 Å². The van der Waals surface area contributed by atoms with Crippen LogP contribution in [0.3, 0.4) is 0 Å². The highest BCUT2D eigenvalue weighted by Gasteiger charge is 2.70. The molecule has 5 saturated carbocycles. The number of hydrogen-bond donors (Lipinski definition) is 0. The molecule has 0 bridgehead atoms. The average molecular weight is 423 g/mol. The van der Waals surface area contributed by atoms with Crippen LogP contribution in [-0.2, 0) is 0 Å². The normalized spacial score (nSPS) is 55.4. The summed E-state index contributed by atoms with van der Waals surface area (Å²) in [4.78, 5) is 0. The highest BCUT2D eigenvalue weighted by molar-refractivity contribution is 5.24. The quantitative estimate of drug-likeness (QED) is 0.389. The van der Waals surface area contributed by atoms with Crippen molar-refractivity contribution in [2.75, 3.05) is 0 Å². The molecule has 31 heavy (non-hydrogen) atoms. The van der Waals surface area contributed by atoms with Crippen LogP contribution in [0.25, 0.3) is 0 Å². The minimum Gasteiger partial charge on any atom is -0.0988 e. The molecular formula is C31H50. The second-order valence-corrected chi connectivity index (χ2v) is 14.5. The maximum atomic E-state index is 4.43. The van der Waals surface area contributed by atoms with Crippen LogP contribution >= 0.6 is 0 Å². The van der Waals surface area contributed by atoms with Gasteiger partial charge in [0.2, 0.25) is 0 Å². The van der Waals surface area contributed by atoms with E-state index in [9.17, 15) is 0 Å². The molecule has 0 heterocycles. The summed E-state index contributed by atoms with van der Waals surface area (Å²) >= 11 is 0. The van der Waals surface area contributed by atoms with Crippen LogP contribution < -0.4 is 0 Å². The van der Waals surface area contributed by atoms with Crippen LogP contribution in [0.4, 0.5) is 0 Å². The maximum absolute atomic E-state index is 4.43. The molecule has 5 rings (SSSR count). The predicted octanol–water partition coefficient (Wildman–Crippen LogP) is 9.22. The van der Waals surface area contributed by atoms with E-state index in [1.54, 1.807) is 0 Å². The van der Waals surface area contributed by atoms with E-state index in [-0.39, 0.29) is 0 Å². The van der Waals surface area contributed by atoms with Crippen LogP contribution in [0, 0.1) is 56.7 Å². The molecule has 0 saturated heterocycles. The van der Waals surface area contributed by atoms with E-state index in [4.69, 9.17) is 0 Å². The summed E-state index contributed by atoms with van der Waals surface area (Å²) in [7, 11) is 0. The molecule has 0 heteroatoms. The molecule has 5 fully saturated rings. The molecule has 0 N–H and O–H groups in total. The Kier molecular flexibility index (Phi) is 4.86. The minimum absolute atomic E-state index is 0.515. The van der Waals surface area contributed by atoms with Gasteiger partial charge >= 0.3 is 0 Å². The molecule has 5 aliphatic rings. The molecule has 0 amide bonds. The molecule has 0 aromatic rings. The van der Waals surface area contributed by atoms with Crippen LogP contribution in [0.2, 0.25) is 0 Å². The topological polar surface area (TPSA) is 0 Å². The van der Waals surface area contributed by atoms with Crippen LogP contribution in [-0.4, -0.2) is 0 Å². The summed E-state index contributed by atoms with van der Waals surface area (Å²) in [6.07, 6.45) is 18.1. The van der Waals surface area contributed by atoms with E-state index in [2.05, 4.69) is 60.8 Å². The summed E-state index contributed by atoms with van der Waals surface area (Å²) in [5, 5.41) is 0. The summed E-state index contributed by atoms with van der Waals surface area (Å²) in [6.45, 7) is 24.7. The minimum atomic E-state index is 0.515. The smallest absolute Gasteiger partial charge is 0.0134 e. The first-order valence-electron chi connectivity index (χ1n) is 13.8. The summed E-state index contributed by atoms with van der Waals surface area (Å²) < 4.78 is 0. The standard InChI is InChI=1S/C31H50/c1-9-21(2)22-13-18-28(5)23(22)14-19-30(7)25(28)11-12-26-29(6)17-10-16-27(3,4)24(29)15-20-31(26,30)8/h9,22-26H,1-2,10-20H2,3-8H3/t22-,23+,24+,25-,26-,28+,29+,30-,31-/m1/s1. The third kappa shape index (κ3) is 2.66. The van der Waals surface area contributed by atoms with Crippen LogP contribution in [0.5, 0.6) is 0 Å². The highest BCUT2D eigenvalue weighted by atomic mass is 14.7. The number of hydrogen-bond acceptors (Lipinski definition) is 0. The second kappa shape index (κ2) is 6.76. The first kappa shape index (κ1) is 22.3. The van der Waals surface area contributed by atoms with Gasteiger partial charge in [0.05, 0.1) is 0 Å². The largest absolute Gasteiger partial charge is 0.0988 e. The van der Waals surface area contributed by atoms with E-state index in [1.807, 2.05) is 0 Å². The molecule has 9 atom stereocenters. The Morgan fingerprint density at radius 2 is 1.29 bits per heavy atom. The number of allylic oxidation sites excluding steroid dienone is 2. The molecule has 0 spiro atoms. The van der Waals surface area contributed by atoms with Gasteiger partial charge in [-0.1, -0.05) is 72.8 Å². The molecule has 0 aliphatic heterocycles. The van der Waals surface area contributed by atoms with Gasteiger partial charge in [0.25, 0.3) is 0 Å². The van der Waals surface area contributed by atoms with E-state index in [0.717, 1.165) is 23.7 Å². The Labute approximate surface area is 193 Å². The van der Waals surface area contributed by atoms with E-state index < -0.39 is 0 Å². The zero-order valence-electron chi connectivity index (χ0n) is 21.7. The number of rotatable bonds is 2. The Balaban J connectivity index is 1.51. The third-order valence-corrected chi connectivity index (χ3v) is 13.4. The Morgan fingerprint density at radius 1 is 0.677 bits per heavy atom. The van der Waals surface area contributed by atoms with Crippen molar-refractivity contribution in [1.29, 1.82) is 0 Å². The van der Waals surface area contributed by atoms with Gasteiger partial charge in [-0.15, -0.1) is 0 Å². The Morgan fingerprint density at radius 3 is 1.94 bits per heavy atom. The van der Waals surface area contributed by atoms with Gasteiger partial charge in [0.1, 0.15) is 0 Å². The highest BCUT2D eigenvalue weighted by Crippen LogP contribution is 2.78. The van der Waals surface area contributed by atoms with Gasteiger partial charge in [-0.3, -0.25) is 0 Å². The molecule has 0 unspecified atom stereocenters. The van der Waals surface area contributed by atoms with Crippen molar-refractivity contribution >= 4 is 0 Å². The fourth-order valence-electron chi connectivity index (χ4n) is 11.9. The van der Waals surface area contributed by atoms with E-state index >= 15 is 0 Å². The van der Waals surface area contributed by atoms with Crippen LogP contribution in [0.15, 0.2) is 24.8 Å². The summed E-state index contributed by atoms with van der Waals surface area (Å²) in [5.41, 5.74) is 3.99. The first-order valence-corrected chi connectivity index (χ1v) is 13.8. The van der Waals surface area contributed by atoms with Crippen molar-refractivity contribution in [3.8, 4) is 0 Å². The molecular weight excluding hydrogens is 372 g/mol. The Bertz CT molecular complexity index is 773. The van der Waals surface area contributed by atoms with Gasteiger partial charge in [-0.25, -0.2) is 0 Å². The summed E-state index contributed by atoms with van der Waals surface area (Å²) in [5.74, 6) is 4.31. The van der Waals surface area contributed by atoms with Crippen molar-refractivity contribution in [3.63, 3.8) is 0 Å². The maximum Gasteiger partial charge on any atom is -0.0134 e. The zero-order chi connectivity index (χ0) is 22.4. The summed E-state index contributed by atoms with van der Waals surface area (Å²) in [6, 6.07) is 0. The third-order valence-electron chi connectivity index (χ3n) is 13.4. The van der Waals surface area contributed by atoms with Crippen molar-refractivity contribution in [1.82, 2.24) is 0 Å². The van der Waals surface area contributed by atoms with Crippen LogP contribution in [0.1, 0.15) is 112 Å². The van der Waals surface area contributed by atoms with E-state index in [1.165, 1.54) is 76.2 Å². The lowest BCUT2D eigenvalue weighted by Crippen LogP contribution is -2.65. The molecule has 0 nitrogen and oxygen atoms in total. The van der Waals surface area contributed by atoms with Crippen molar-refractivity contribution in [2.24, 2.45) is 56.7 Å². The van der Waals surface area contributed by atoms with Gasteiger partial charge in [0, 0.05) is 0 Å². The van der Waals surface area contributed by atoms with E-state index in [0.29, 0.717) is 33.0 Å². The van der Waals surface area contributed by atoms with Gasteiger partial charge in [0.15, 0.2) is 0 Å². The fraction of sp³-hybridized carbons (Fsp3) is 0.871. The lowest BCUT2D eigenvalue weighted by molar-refractivity contribution is -0.240. The molecule has 0 radical (unpaired) electrons. The monoisotopic (exact) mass is 422 g/mol. The number of fused-ring (bicyclic) bond motifs is 7. The van der Waals surface area contributed by atoms with Crippen molar-refractivity contribution < 1.29 is 0 Å². The Hall–Kier alpha value is -0.520. The lowest BCUT2D eigenvalue weighted by Gasteiger charge is -2.73. The SMILES string of the molecule is C=CC(=C)[C@H]1CC[C@]2(C)[C@H]3CC[C@@H]4[C@@]5(C)CCCC(C)(C)[C@@H]5CC[C@@]4(C)[C@]3(C)CC[C@@H]12. The molecule has 174 valence electrons. The average Bonchev–Trinajstić information content (AvgIpc) is 3.04. The molecule has 0 aromatic carbocycles. The molecule has 0 aromatic heterocycles. The fourth-order valence-corrected chi connectivity index (χ4v) is 11.9. The van der Waals surface area contributed by atoms with Gasteiger partial charge in [-0.05, 0) is 121 Å². The molecule has 5 aliphatic carbocycles. The zero-order valence-corrected chi connectivity index (χ0v) is 21.7. The predicted molar refractivity (Wildman–Crippen MR) is 134 cm³/mol. The van der Waals surface area contributed by atoms with Crippen molar-refractivity contribution in [2.45, 2.75) is 112 Å². The first-order chi connectivity index (χ1) is 14.4. The van der Waals surface area contributed by atoms with Crippen molar-refractivity contribution in [3.05, 3.63) is 24.8 Å². The lowest BCUT2D eigenvalue weighted by atomic mass is 9.32. The van der Waals surface area contributed by atoms with Gasteiger partial charge < -0.3 is 0 Å². The second-order valence-electron chi connectivity index (χ2n) is 14.5.